The van der Waals surface area contributed by atoms with Gasteiger partial charge in [-0.05, 0) is 71.8 Å². The van der Waals surface area contributed by atoms with Gasteiger partial charge in [-0.2, -0.15) is 0 Å². The summed E-state index contributed by atoms with van der Waals surface area (Å²) in [5.74, 6) is -0.360. The zero-order chi connectivity index (χ0) is 34.6. The molecule has 5 rings (SSSR count). The molecule has 258 valence electrons. The molecule has 4 aromatic carbocycles. The summed E-state index contributed by atoms with van der Waals surface area (Å²) in [6.45, 7) is 3.61. The Balaban J connectivity index is 1.32. The molecule has 49 heavy (non-hydrogen) atoms. The summed E-state index contributed by atoms with van der Waals surface area (Å²) in [6, 6.07) is 25.9. The van der Waals surface area contributed by atoms with Gasteiger partial charge in [0.2, 0.25) is 5.91 Å². The van der Waals surface area contributed by atoms with Crippen LogP contribution in [0, 0.1) is 5.82 Å². The summed E-state index contributed by atoms with van der Waals surface area (Å²) >= 11 is 0. The first kappa shape index (κ1) is 35.3. The molecule has 11 nitrogen and oxygen atoms in total. The zero-order valence-corrected chi connectivity index (χ0v) is 27.9. The van der Waals surface area contributed by atoms with Crippen LogP contribution >= 0.6 is 0 Å². The number of anilines is 1. The van der Waals surface area contributed by atoms with Crippen molar-refractivity contribution in [1.82, 2.24) is 15.1 Å². The minimum atomic E-state index is -3.96. The fraction of sp³-hybridized carbons (Fsp3) is 0.278. The fourth-order valence-corrected chi connectivity index (χ4v) is 6.35. The molecule has 0 aromatic heterocycles. The van der Waals surface area contributed by atoms with Crippen molar-refractivity contribution in [3.05, 3.63) is 120 Å². The monoisotopic (exact) mass is 690 g/mol. The topological polar surface area (TPSA) is 127 Å². The number of ether oxygens (including phenoxy) is 3. The van der Waals surface area contributed by atoms with E-state index in [9.17, 15) is 22.4 Å². The van der Waals surface area contributed by atoms with Crippen molar-refractivity contribution in [2.45, 2.75) is 17.5 Å². The van der Waals surface area contributed by atoms with Crippen LogP contribution in [0.3, 0.4) is 0 Å². The Bertz CT molecular complexity index is 1770. The average Bonchev–Trinajstić information content (AvgIpc) is 3.12. The Labute approximate surface area is 285 Å². The van der Waals surface area contributed by atoms with Crippen molar-refractivity contribution in [1.29, 1.82) is 0 Å². The van der Waals surface area contributed by atoms with Crippen molar-refractivity contribution in [2.24, 2.45) is 0 Å². The predicted octanol–water partition coefficient (Wildman–Crippen LogP) is 4.23. The lowest BCUT2D eigenvalue weighted by atomic mass is 10.0. The van der Waals surface area contributed by atoms with Crippen LogP contribution in [-0.2, 0) is 30.9 Å². The van der Waals surface area contributed by atoms with Gasteiger partial charge in [0, 0.05) is 38.4 Å². The molecule has 13 heteroatoms. The molecule has 2 N–H and O–H groups in total. The van der Waals surface area contributed by atoms with E-state index in [-0.39, 0.29) is 28.8 Å². The molecule has 0 saturated carbocycles. The van der Waals surface area contributed by atoms with Crippen LogP contribution in [-0.4, -0.2) is 83.1 Å². The maximum Gasteiger partial charge on any atom is 0.261 e. The lowest BCUT2D eigenvalue weighted by Crippen LogP contribution is -2.47. The van der Waals surface area contributed by atoms with Gasteiger partial charge < -0.3 is 24.4 Å². The van der Waals surface area contributed by atoms with E-state index in [2.05, 4.69) is 14.9 Å². The Hall–Kier alpha value is -4.98. The summed E-state index contributed by atoms with van der Waals surface area (Å²) < 4.78 is 57.9. The lowest BCUT2D eigenvalue weighted by Gasteiger charge is -2.32. The Kier molecular flexibility index (Phi) is 12.2. The van der Waals surface area contributed by atoms with Crippen LogP contribution < -0.4 is 19.5 Å². The third-order valence-corrected chi connectivity index (χ3v) is 9.33. The fourth-order valence-electron chi connectivity index (χ4n) is 5.29. The first-order valence-electron chi connectivity index (χ1n) is 15.8. The number of nitrogens with one attached hydrogen (secondary N) is 2. The molecule has 0 unspecified atom stereocenters. The zero-order valence-electron chi connectivity index (χ0n) is 27.1. The number of rotatable bonds is 15. The van der Waals surface area contributed by atoms with E-state index in [4.69, 9.17) is 14.2 Å². The Morgan fingerprint density at radius 1 is 0.898 bits per heavy atom. The molecule has 1 aliphatic heterocycles. The quantitative estimate of drug-likeness (QED) is 0.190. The van der Waals surface area contributed by atoms with E-state index in [0.29, 0.717) is 37.6 Å². The van der Waals surface area contributed by atoms with Crippen molar-refractivity contribution in [3.63, 3.8) is 0 Å². The van der Waals surface area contributed by atoms with Gasteiger partial charge in [0.1, 0.15) is 23.4 Å². The van der Waals surface area contributed by atoms with Gasteiger partial charge in [0.25, 0.3) is 15.9 Å². The number of nitrogens with zero attached hydrogens (tertiary/aromatic N) is 2. The Morgan fingerprint density at radius 3 is 2.20 bits per heavy atom. The van der Waals surface area contributed by atoms with Crippen LogP contribution in [0.5, 0.6) is 11.5 Å². The lowest BCUT2D eigenvalue weighted by molar-refractivity contribution is -0.143. The van der Waals surface area contributed by atoms with Gasteiger partial charge in [-0.25, -0.2) is 12.8 Å². The normalized spacial score (nSPS) is 14.0. The van der Waals surface area contributed by atoms with Crippen molar-refractivity contribution in [2.75, 3.05) is 57.8 Å². The number of hydrogen-bond donors (Lipinski definition) is 2. The van der Waals surface area contributed by atoms with Crippen LogP contribution in [0.4, 0.5) is 10.1 Å². The molecule has 0 bridgehead atoms. The highest BCUT2D eigenvalue weighted by Crippen LogP contribution is 2.26. The summed E-state index contributed by atoms with van der Waals surface area (Å²) in [4.78, 5) is 31.5. The van der Waals surface area contributed by atoms with Crippen molar-refractivity contribution >= 4 is 27.5 Å². The maximum absolute atomic E-state index is 14.0. The molecule has 0 spiro atoms. The van der Waals surface area contributed by atoms with Gasteiger partial charge >= 0.3 is 0 Å². The number of amides is 2. The van der Waals surface area contributed by atoms with E-state index >= 15 is 0 Å². The van der Waals surface area contributed by atoms with E-state index in [0.717, 1.165) is 30.8 Å². The van der Waals surface area contributed by atoms with E-state index in [1.807, 2.05) is 30.3 Å². The third kappa shape index (κ3) is 10.0. The van der Waals surface area contributed by atoms with Crippen LogP contribution in [0.25, 0.3) is 0 Å². The van der Waals surface area contributed by atoms with Crippen molar-refractivity contribution < 1.29 is 36.6 Å². The molecule has 2 amide bonds. The molecule has 1 heterocycles. The highest BCUT2D eigenvalue weighted by Gasteiger charge is 2.32. The number of sulfonamides is 1. The first-order valence-corrected chi connectivity index (χ1v) is 17.3. The molecule has 0 aliphatic carbocycles. The molecular formula is C36H39FN4O7S. The SMILES string of the molecule is COc1ccc(CN(C(=O)COc2ccc(S(=O)(=O)Nc3ccc(F)cc3)cc2)[C@@H](C(=O)NCCN2CCOCC2)c2ccccc2)cc1. The number of methoxy groups -OCH3 is 1. The molecule has 1 saturated heterocycles. The number of benzene rings is 4. The summed E-state index contributed by atoms with van der Waals surface area (Å²) in [5, 5.41) is 3.02. The molecule has 1 fully saturated rings. The largest absolute Gasteiger partial charge is 0.497 e. The predicted molar refractivity (Wildman–Crippen MR) is 182 cm³/mol. The minimum Gasteiger partial charge on any atom is -0.497 e. The van der Waals surface area contributed by atoms with Crippen LogP contribution in [0.2, 0.25) is 0 Å². The highest BCUT2D eigenvalue weighted by atomic mass is 32.2. The summed E-state index contributed by atoms with van der Waals surface area (Å²) in [5.41, 5.74) is 1.62. The van der Waals surface area contributed by atoms with Crippen molar-refractivity contribution in [3.8, 4) is 11.5 Å². The van der Waals surface area contributed by atoms with Gasteiger partial charge in [0.05, 0.1) is 25.2 Å². The van der Waals surface area contributed by atoms with Crippen LogP contribution in [0.1, 0.15) is 17.2 Å². The molecule has 0 radical (unpaired) electrons. The number of carbonyl (C=O) groups is 2. The maximum atomic E-state index is 14.0. The van der Waals surface area contributed by atoms with Gasteiger partial charge in [-0.15, -0.1) is 0 Å². The van der Waals surface area contributed by atoms with E-state index < -0.39 is 34.4 Å². The first-order chi connectivity index (χ1) is 23.7. The van der Waals surface area contributed by atoms with Crippen LogP contribution in [0.15, 0.2) is 108 Å². The summed E-state index contributed by atoms with van der Waals surface area (Å²) in [7, 11) is -2.39. The molecule has 1 atom stereocenters. The van der Waals surface area contributed by atoms with Gasteiger partial charge in [-0.1, -0.05) is 42.5 Å². The molecular weight excluding hydrogens is 651 g/mol. The second-order valence-corrected chi connectivity index (χ2v) is 13.0. The molecule has 4 aromatic rings. The number of carbonyl (C=O) groups excluding carboxylic acids is 2. The second kappa shape index (κ2) is 16.9. The molecule has 1 aliphatic rings. The Morgan fingerprint density at radius 2 is 1.55 bits per heavy atom. The standard InChI is InChI=1S/C36H39FN4O7S/c1-46-31-13-7-27(8-14-31)25-41(35(28-5-3-2-4-6-28)36(43)38-19-20-40-21-23-47-24-22-40)34(42)26-48-32-15-17-33(18-16-32)49(44,45)39-30-11-9-29(37)10-12-30/h2-18,35,39H,19-26H2,1H3,(H,38,43)/t35-/m1/s1. The number of morpholine rings is 1. The highest BCUT2D eigenvalue weighted by molar-refractivity contribution is 7.92. The number of hydrogen-bond acceptors (Lipinski definition) is 8. The smallest absolute Gasteiger partial charge is 0.261 e. The van der Waals surface area contributed by atoms with E-state index in [1.54, 1.807) is 31.4 Å². The second-order valence-electron chi connectivity index (χ2n) is 11.3. The summed E-state index contributed by atoms with van der Waals surface area (Å²) in [6.07, 6.45) is 0. The third-order valence-electron chi connectivity index (χ3n) is 7.93. The van der Waals surface area contributed by atoms with Gasteiger partial charge in [0.15, 0.2) is 6.61 Å². The minimum absolute atomic E-state index is 0.0467. The van der Waals surface area contributed by atoms with Gasteiger partial charge in [-0.3, -0.25) is 19.2 Å². The number of halogens is 1. The average molecular weight is 691 g/mol. The van der Waals surface area contributed by atoms with E-state index in [1.165, 1.54) is 41.3 Å².